The van der Waals surface area contributed by atoms with Crippen molar-refractivity contribution < 1.29 is 34.4 Å². The Balaban J connectivity index is 2.90. The predicted molar refractivity (Wildman–Crippen MR) is 53.5 cm³/mol. The summed E-state index contributed by atoms with van der Waals surface area (Å²) in [5.74, 6) is -3.34. The van der Waals surface area contributed by atoms with Crippen LogP contribution in [0.15, 0.2) is 23.7 Å². The largest absolute Gasteiger partial charge is 0.499 e. The minimum Gasteiger partial charge on any atom is -0.499 e. The highest BCUT2D eigenvalue weighted by atomic mass is 16.6. The Labute approximate surface area is 96.6 Å². The summed E-state index contributed by atoms with van der Waals surface area (Å²) in [7, 11) is 0. The van der Waals surface area contributed by atoms with E-state index >= 15 is 0 Å². The van der Waals surface area contributed by atoms with Gasteiger partial charge in [0.25, 0.3) is 0 Å². The summed E-state index contributed by atoms with van der Waals surface area (Å²) in [6, 6.07) is 0. The van der Waals surface area contributed by atoms with Gasteiger partial charge in [0.05, 0.1) is 6.61 Å². The molecular formula is C10H12O7. The summed E-state index contributed by atoms with van der Waals surface area (Å²) in [6.45, 7) is 0.863. The van der Waals surface area contributed by atoms with Crippen LogP contribution in [0.4, 0.5) is 0 Å². The van der Waals surface area contributed by atoms with Gasteiger partial charge in [-0.25, -0.2) is 9.59 Å². The molecule has 17 heavy (non-hydrogen) atoms. The Morgan fingerprint density at radius 2 is 2.29 bits per heavy atom. The van der Waals surface area contributed by atoms with Crippen LogP contribution in [0.25, 0.3) is 0 Å². The molecule has 0 radical (unpaired) electrons. The molecule has 0 aromatic carbocycles. The smallest absolute Gasteiger partial charge is 0.378 e. The number of aliphatic hydroxyl groups excluding tert-OH is 3. The van der Waals surface area contributed by atoms with Gasteiger partial charge in [-0.3, -0.25) is 0 Å². The zero-order valence-electron chi connectivity index (χ0n) is 8.99. The highest BCUT2D eigenvalue weighted by molar-refractivity contribution is 5.91. The van der Waals surface area contributed by atoms with Crippen LogP contribution >= 0.6 is 0 Å². The molecule has 0 bridgehead atoms. The fraction of sp³-hybridized carbons (Fsp3) is 0.400. The van der Waals surface area contributed by atoms with Crippen LogP contribution < -0.4 is 0 Å². The third-order valence-corrected chi connectivity index (χ3v) is 1.97. The second-order valence-corrected chi connectivity index (χ2v) is 3.21. The molecule has 1 rings (SSSR count). The first-order chi connectivity index (χ1) is 8.01. The van der Waals surface area contributed by atoms with Gasteiger partial charge >= 0.3 is 11.9 Å². The van der Waals surface area contributed by atoms with Gasteiger partial charge in [-0.15, -0.1) is 0 Å². The summed E-state index contributed by atoms with van der Waals surface area (Å²) < 4.78 is 9.20. The van der Waals surface area contributed by atoms with E-state index in [4.69, 9.17) is 5.11 Å². The third kappa shape index (κ3) is 2.83. The van der Waals surface area contributed by atoms with Crippen molar-refractivity contribution in [1.82, 2.24) is 0 Å². The van der Waals surface area contributed by atoms with Crippen molar-refractivity contribution in [3.8, 4) is 0 Å². The maximum atomic E-state index is 11.1. The standard InChI is InChI=1S/C10H12O7/c1-2-3-6(13)16-9-7(14)10(15)17-8(9)5(12)4-11/h2-3,5,8,11-12,14H,4H2,1H3/b3-2+/t5-,8+/m0/s1. The lowest BCUT2D eigenvalue weighted by Crippen LogP contribution is -2.32. The molecule has 0 fully saturated rings. The first-order valence-corrected chi connectivity index (χ1v) is 4.78. The van der Waals surface area contributed by atoms with E-state index in [9.17, 15) is 19.8 Å². The monoisotopic (exact) mass is 244 g/mol. The van der Waals surface area contributed by atoms with Gasteiger partial charge in [-0.1, -0.05) is 6.08 Å². The average molecular weight is 244 g/mol. The molecule has 0 saturated carbocycles. The minimum absolute atomic E-state index is 0.500. The Hall–Kier alpha value is -1.86. The highest BCUT2D eigenvalue weighted by Gasteiger charge is 2.41. The molecule has 0 amide bonds. The molecule has 1 heterocycles. The number of ether oxygens (including phenoxy) is 2. The topological polar surface area (TPSA) is 113 Å². The van der Waals surface area contributed by atoms with Gasteiger partial charge in [-0.2, -0.15) is 0 Å². The summed E-state index contributed by atoms with van der Waals surface area (Å²) in [5, 5.41) is 27.3. The maximum absolute atomic E-state index is 11.1. The normalized spacial score (nSPS) is 21.8. The number of hydrogen-bond donors (Lipinski definition) is 3. The first kappa shape index (κ1) is 13.2. The molecular weight excluding hydrogens is 232 g/mol. The zero-order chi connectivity index (χ0) is 13.0. The Bertz CT molecular complexity index is 382. The van der Waals surface area contributed by atoms with E-state index in [1.54, 1.807) is 6.92 Å². The Morgan fingerprint density at radius 1 is 1.65 bits per heavy atom. The quantitative estimate of drug-likeness (QED) is 0.436. The Morgan fingerprint density at radius 3 is 2.82 bits per heavy atom. The van der Waals surface area contributed by atoms with E-state index in [0.29, 0.717) is 0 Å². The number of allylic oxidation sites excluding steroid dienone is 1. The van der Waals surface area contributed by atoms with Crippen LogP contribution in [0.1, 0.15) is 6.92 Å². The van der Waals surface area contributed by atoms with Crippen molar-refractivity contribution >= 4 is 11.9 Å². The summed E-state index contributed by atoms with van der Waals surface area (Å²) in [4.78, 5) is 22.2. The van der Waals surface area contributed by atoms with Crippen LogP contribution in [0.5, 0.6) is 0 Å². The van der Waals surface area contributed by atoms with Crippen molar-refractivity contribution in [1.29, 1.82) is 0 Å². The SMILES string of the molecule is C/C=C/C(=O)OC1=C(O)C(=O)O[C@@H]1[C@@H](O)CO. The second-order valence-electron chi connectivity index (χ2n) is 3.21. The van der Waals surface area contributed by atoms with E-state index in [1.165, 1.54) is 6.08 Å². The zero-order valence-corrected chi connectivity index (χ0v) is 8.99. The van der Waals surface area contributed by atoms with Gasteiger partial charge in [0, 0.05) is 6.08 Å². The molecule has 1 aliphatic rings. The van der Waals surface area contributed by atoms with E-state index in [2.05, 4.69) is 9.47 Å². The number of hydrogen-bond acceptors (Lipinski definition) is 7. The molecule has 0 saturated heterocycles. The van der Waals surface area contributed by atoms with Crippen molar-refractivity contribution in [2.75, 3.05) is 6.61 Å². The fourth-order valence-electron chi connectivity index (χ4n) is 1.19. The lowest BCUT2D eigenvalue weighted by atomic mass is 10.2. The number of carbonyl (C=O) groups is 2. The van der Waals surface area contributed by atoms with Crippen LogP contribution in [0.3, 0.4) is 0 Å². The molecule has 0 aromatic rings. The van der Waals surface area contributed by atoms with Gasteiger partial charge in [0.15, 0.2) is 6.10 Å². The van der Waals surface area contributed by atoms with Crippen LogP contribution in [-0.4, -0.2) is 46.1 Å². The van der Waals surface area contributed by atoms with E-state index in [1.807, 2.05) is 0 Å². The molecule has 0 aliphatic carbocycles. The average Bonchev–Trinajstić information content (AvgIpc) is 2.57. The van der Waals surface area contributed by atoms with Crippen molar-refractivity contribution in [3.63, 3.8) is 0 Å². The van der Waals surface area contributed by atoms with Crippen LogP contribution in [-0.2, 0) is 19.1 Å². The molecule has 7 heteroatoms. The van der Waals surface area contributed by atoms with Gasteiger partial charge in [-0.05, 0) is 6.92 Å². The number of cyclic esters (lactones) is 1. The highest BCUT2D eigenvalue weighted by Crippen LogP contribution is 2.24. The maximum Gasteiger partial charge on any atom is 0.378 e. The van der Waals surface area contributed by atoms with Crippen molar-refractivity contribution in [2.45, 2.75) is 19.1 Å². The summed E-state index contributed by atoms with van der Waals surface area (Å²) in [5.41, 5.74) is 0. The number of carbonyl (C=O) groups excluding carboxylic acids is 2. The van der Waals surface area contributed by atoms with E-state index in [-0.39, 0.29) is 0 Å². The lowest BCUT2D eigenvalue weighted by molar-refractivity contribution is -0.150. The molecule has 7 nitrogen and oxygen atoms in total. The lowest BCUT2D eigenvalue weighted by Gasteiger charge is -2.16. The Kier molecular flexibility index (Phi) is 4.24. The van der Waals surface area contributed by atoms with Crippen molar-refractivity contribution in [3.05, 3.63) is 23.7 Å². The predicted octanol–water partition coefficient (Wildman–Crippen LogP) is -0.846. The molecule has 1 aliphatic heterocycles. The number of rotatable bonds is 4. The summed E-state index contributed by atoms with van der Waals surface area (Å²) in [6.07, 6.45) is -0.403. The summed E-state index contributed by atoms with van der Waals surface area (Å²) >= 11 is 0. The number of aliphatic hydroxyl groups is 3. The molecule has 3 N–H and O–H groups in total. The number of esters is 2. The fourth-order valence-corrected chi connectivity index (χ4v) is 1.19. The van der Waals surface area contributed by atoms with Gasteiger partial charge in [0.2, 0.25) is 11.5 Å². The van der Waals surface area contributed by atoms with E-state index < -0.39 is 42.3 Å². The first-order valence-electron chi connectivity index (χ1n) is 4.78. The van der Waals surface area contributed by atoms with Gasteiger partial charge < -0.3 is 24.8 Å². The van der Waals surface area contributed by atoms with Crippen LogP contribution in [0.2, 0.25) is 0 Å². The molecule has 0 spiro atoms. The second kappa shape index (κ2) is 5.46. The molecule has 2 atom stereocenters. The third-order valence-electron chi connectivity index (χ3n) is 1.97. The van der Waals surface area contributed by atoms with Gasteiger partial charge in [0.1, 0.15) is 6.10 Å². The van der Waals surface area contributed by atoms with E-state index in [0.717, 1.165) is 6.08 Å². The minimum atomic E-state index is -1.47. The van der Waals surface area contributed by atoms with Crippen molar-refractivity contribution in [2.24, 2.45) is 0 Å². The van der Waals surface area contributed by atoms with Crippen LogP contribution in [0, 0.1) is 0 Å². The molecule has 94 valence electrons. The molecule has 0 aromatic heterocycles. The molecule has 0 unspecified atom stereocenters.